The molecule has 0 fully saturated rings. The average molecular weight is 675 g/mol. The fraction of sp³-hybridized carbons (Fsp3) is 0. The molecule has 47 heavy (non-hydrogen) atoms. The van der Waals surface area contributed by atoms with Crippen LogP contribution in [-0.4, -0.2) is 35.1 Å². The Morgan fingerprint density at radius 3 is 1.34 bits per heavy atom. The summed E-state index contributed by atoms with van der Waals surface area (Å²) in [6.45, 7) is 0. The lowest BCUT2D eigenvalue weighted by atomic mass is 9.96. The van der Waals surface area contributed by atoms with Gasteiger partial charge >= 0.3 is 15.6 Å². The maximum Gasteiger partial charge on any atom is 0.536 e. The lowest BCUT2D eigenvalue weighted by molar-refractivity contribution is 0.230. The predicted octanol–water partition coefficient (Wildman–Crippen LogP) is 8.08. The van der Waals surface area contributed by atoms with Crippen LogP contribution in [0.15, 0.2) is 127 Å². The van der Waals surface area contributed by atoms with E-state index >= 15 is 0 Å². The van der Waals surface area contributed by atoms with E-state index in [9.17, 15) is 14.0 Å². The predicted molar refractivity (Wildman–Crippen MR) is 180 cm³/mol. The van der Waals surface area contributed by atoms with Gasteiger partial charge < -0.3 is 34.7 Å². The van der Waals surface area contributed by atoms with Crippen molar-refractivity contribution in [2.75, 3.05) is 0 Å². The highest BCUT2D eigenvalue weighted by Gasteiger charge is 2.34. The third-order valence-corrected chi connectivity index (χ3v) is 8.85. The topological polar surface area (TPSA) is 194 Å². The van der Waals surface area contributed by atoms with Gasteiger partial charge in [0.2, 0.25) is 0 Å². The lowest BCUT2D eigenvalue weighted by Gasteiger charge is -2.15. The smallest absolute Gasteiger partial charge is 0.508 e. The van der Waals surface area contributed by atoms with Crippen molar-refractivity contribution in [1.29, 1.82) is 0 Å². The molecule has 0 spiro atoms. The Morgan fingerprint density at radius 1 is 0.426 bits per heavy atom. The van der Waals surface area contributed by atoms with Crippen LogP contribution in [0.25, 0.3) is 43.1 Å². The highest BCUT2D eigenvalue weighted by atomic mass is 31.3. The number of hydrogen-bond donors (Lipinski definition) is 7. The van der Waals surface area contributed by atoms with Crippen LogP contribution in [0.1, 0.15) is 0 Å². The van der Waals surface area contributed by atoms with Crippen molar-refractivity contribution in [3.05, 3.63) is 127 Å². The normalized spacial score (nSPS) is 12.5. The molecule has 7 rings (SSSR count). The van der Waals surface area contributed by atoms with Gasteiger partial charge in [0.1, 0.15) is 28.7 Å². The minimum Gasteiger partial charge on any atom is -0.508 e. The molecule has 0 aliphatic heterocycles. The first-order valence-corrected chi connectivity index (χ1v) is 16.8. The summed E-state index contributed by atoms with van der Waals surface area (Å²) in [4.78, 5) is 27.5. The van der Waals surface area contributed by atoms with Gasteiger partial charge in [-0.1, -0.05) is 60.7 Å². The molecule has 0 radical (unpaired) electrons. The zero-order chi connectivity index (χ0) is 33.8. The maximum absolute atomic E-state index is 12.1. The Hall–Kier alpha value is -5.12. The fourth-order valence-corrected chi connectivity index (χ4v) is 6.45. The zero-order valence-corrected chi connectivity index (χ0v) is 26.1. The van der Waals surface area contributed by atoms with E-state index < -0.39 is 15.6 Å². The zero-order valence-electron chi connectivity index (χ0n) is 24.3. The maximum atomic E-state index is 12.1. The van der Waals surface area contributed by atoms with Gasteiger partial charge in [-0.2, -0.15) is 4.31 Å². The van der Waals surface area contributed by atoms with Gasteiger partial charge in [0.15, 0.2) is 0 Å². The summed E-state index contributed by atoms with van der Waals surface area (Å²) in [7, 11) is -10.3. The summed E-state index contributed by atoms with van der Waals surface area (Å²) in [6.07, 6.45) is 0. The van der Waals surface area contributed by atoms with E-state index in [1.165, 1.54) is 42.5 Å². The van der Waals surface area contributed by atoms with Crippen LogP contribution in [0.4, 0.5) is 0 Å². The molecule has 0 bridgehead atoms. The van der Waals surface area contributed by atoms with Gasteiger partial charge in [0.25, 0.3) is 0 Å². The second kappa shape index (κ2) is 13.7. The number of benzene rings is 7. The van der Waals surface area contributed by atoms with E-state index in [2.05, 4.69) is 16.4 Å². The third kappa shape index (κ3) is 8.78. The van der Waals surface area contributed by atoms with Crippen LogP contribution in [0.3, 0.4) is 0 Å². The van der Waals surface area contributed by atoms with Crippen molar-refractivity contribution in [2.24, 2.45) is 0 Å². The Labute approximate surface area is 267 Å². The van der Waals surface area contributed by atoms with Gasteiger partial charge in [-0.3, -0.25) is 4.89 Å². The summed E-state index contributed by atoms with van der Waals surface area (Å²) < 4.78 is 32.0. The first-order chi connectivity index (χ1) is 22.3. The quantitative estimate of drug-likeness (QED) is 0.0542. The van der Waals surface area contributed by atoms with Crippen molar-refractivity contribution in [2.45, 2.75) is 0 Å². The molecule has 0 aliphatic rings. The molecule has 13 heteroatoms. The van der Waals surface area contributed by atoms with Crippen LogP contribution in [0.2, 0.25) is 0 Å². The summed E-state index contributed by atoms with van der Waals surface area (Å²) in [6, 6.07) is 36.6. The standard InChI is InChI=1S/C22H16O7P2.2C6H6O2/c23-30(24,25)29-31(26,27)28-22-7-3-6-16-11-18-9-8-17-10-14-4-1-2-5-15(14)12-19(17)20(18)13-21(16)22;2*7-5-2-1-3-6(8)4-5/h1-13H,(H,26,27)(H2,23,24,25);2*1-4,7-8H. The molecule has 0 aromatic heterocycles. The van der Waals surface area contributed by atoms with Gasteiger partial charge in [0.05, 0.1) is 0 Å². The number of rotatable bonds is 4. The van der Waals surface area contributed by atoms with Crippen LogP contribution >= 0.6 is 15.6 Å². The minimum absolute atomic E-state index is 0.0172. The Kier molecular flexibility index (Phi) is 9.69. The van der Waals surface area contributed by atoms with E-state index in [0.717, 1.165) is 37.7 Å². The first-order valence-electron chi connectivity index (χ1n) is 13.8. The molecule has 7 aromatic carbocycles. The van der Waals surface area contributed by atoms with Gasteiger partial charge in [-0.05, 0) is 92.3 Å². The molecule has 7 N–H and O–H groups in total. The molecule has 0 heterocycles. The van der Waals surface area contributed by atoms with Crippen molar-refractivity contribution in [1.82, 2.24) is 0 Å². The van der Waals surface area contributed by atoms with Gasteiger partial charge in [-0.15, -0.1) is 0 Å². The van der Waals surface area contributed by atoms with E-state index in [0.29, 0.717) is 5.39 Å². The highest BCUT2D eigenvalue weighted by Crippen LogP contribution is 2.58. The van der Waals surface area contributed by atoms with Crippen LogP contribution < -0.4 is 4.52 Å². The third-order valence-electron chi connectivity index (χ3n) is 6.74. The van der Waals surface area contributed by atoms with E-state index in [1.54, 1.807) is 18.2 Å². The molecule has 1 atom stereocenters. The van der Waals surface area contributed by atoms with Crippen molar-refractivity contribution < 1.29 is 53.1 Å². The van der Waals surface area contributed by atoms with E-state index in [1.807, 2.05) is 54.6 Å². The van der Waals surface area contributed by atoms with Crippen LogP contribution in [0.5, 0.6) is 28.7 Å². The molecule has 0 aliphatic carbocycles. The van der Waals surface area contributed by atoms with Crippen molar-refractivity contribution >= 4 is 58.7 Å². The van der Waals surface area contributed by atoms with E-state index in [-0.39, 0.29) is 28.7 Å². The largest absolute Gasteiger partial charge is 0.536 e. The minimum atomic E-state index is -5.22. The lowest BCUT2D eigenvalue weighted by Crippen LogP contribution is -1.96. The summed E-state index contributed by atoms with van der Waals surface area (Å²) >= 11 is 0. The Bertz CT molecular complexity index is 2240. The molecule has 240 valence electrons. The average Bonchev–Trinajstić information content (AvgIpc) is 2.98. The van der Waals surface area contributed by atoms with Crippen molar-refractivity contribution in [3.8, 4) is 28.7 Å². The second-order valence-corrected chi connectivity index (χ2v) is 13.0. The Morgan fingerprint density at radius 2 is 0.851 bits per heavy atom. The van der Waals surface area contributed by atoms with Gasteiger partial charge in [-0.25, -0.2) is 9.13 Å². The Balaban J connectivity index is 0.000000221. The van der Waals surface area contributed by atoms with Gasteiger partial charge in [0, 0.05) is 17.5 Å². The molecule has 11 nitrogen and oxygen atoms in total. The number of phosphoric ester groups is 1. The van der Waals surface area contributed by atoms with Crippen molar-refractivity contribution in [3.63, 3.8) is 0 Å². The molecule has 0 saturated heterocycles. The number of phenolic OH excluding ortho intramolecular Hbond substituents is 4. The van der Waals surface area contributed by atoms with Crippen LogP contribution in [0, 0.1) is 0 Å². The highest BCUT2D eigenvalue weighted by molar-refractivity contribution is 7.60. The number of phenols is 4. The summed E-state index contributed by atoms with van der Waals surface area (Å²) in [5.74, 6) is 0.335. The van der Waals surface area contributed by atoms with Crippen LogP contribution in [-0.2, 0) is 13.4 Å². The molecule has 1 unspecified atom stereocenters. The SMILES string of the molecule is O=P(O)(O)OP(=O)(O)Oc1cccc2cc3ccc4cc5ccccc5cc4c3cc12.Oc1cccc(O)c1.Oc1cccc(O)c1. The summed E-state index contributed by atoms with van der Waals surface area (Å²) in [5, 5.41) is 42.0. The molecule has 0 amide bonds. The van der Waals surface area contributed by atoms with E-state index in [4.69, 9.17) is 34.7 Å². The first kappa shape index (κ1) is 33.2. The summed E-state index contributed by atoms with van der Waals surface area (Å²) in [5.41, 5.74) is 0. The number of aromatic hydroxyl groups is 4. The monoisotopic (exact) mass is 674 g/mol. The molecular weight excluding hydrogens is 646 g/mol. The number of phosphoric acid groups is 2. The number of hydrogen-bond acceptors (Lipinski definition) is 8. The molecule has 7 aromatic rings. The molecular formula is C34H28O11P2. The fourth-order valence-electron chi connectivity index (χ4n) is 4.84. The number of fused-ring (bicyclic) bond motifs is 5. The second-order valence-electron chi connectivity index (χ2n) is 10.2. The molecule has 0 saturated carbocycles.